The molecule has 24 heavy (non-hydrogen) atoms. The van der Waals surface area contributed by atoms with Crippen LogP contribution in [0.4, 0.5) is 0 Å². The van der Waals surface area contributed by atoms with Gasteiger partial charge in [0.1, 0.15) is 0 Å². The molecule has 2 N–H and O–H groups in total. The largest absolute Gasteiger partial charge is 0.481 e. The predicted molar refractivity (Wildman–Crippen MR) is 91.7 cm³/mol. The number of hydrogen-bond acceptors (Lipinski definition) is 2. The molecule has 0 spiro atoms. The number of amides is 1. The van der Waals surface area contributed by atoms with Crippen molar-refractivity contribution in [3.05, 3.63) is 71.3 Å². The average Bonchev–Trinajstić information content (AvgIpc) is 3.03. The monoisotopic (exact) mass is 323 g/mol. The smallest absolute Gasteiger partial charge is 0.303 e. The van der Waals surface area contributed by atoms with E-state index in [4.69, 9.17) is 5.11 Å². The van der Waals surface area contributed by atoms with Crippen molar-refractivity contribution in [3.8, 4) is 0 Å². The lowest BCUT2D eigenvalue weighted by Crippen LogP contribution is -2.32. The number of carbonyl (C=O) groups excluding carboxylic acids is 1. The molecule has 0 bridgehead atoms. The van der Waals surface area contributed by atoms with Gasteiger partial charge in [0.05, 0.1) is 12.0 Å². The van der Waals surface area contributed by atoms with E-state index in [2.05, 4.69) is 11.4 Å². The van der Waals surface area contributed by atoms with E-state index in [0.29, 0.717) is 6.42 Å². The Hall–Kier alpha value is -2.62. The standard InChI is InChI=1S/C20H21NO3/c22-19(23)13-12-18(15-7-2-1-3-8-15)21-20(24)17-11-10-14-6-4-5-9-16(14)17/h1-9,17-18H,10-13H2,(H,21,24)(H,22,23). The molecular weight excluding hydrogens is 302 g/mol. The van der Waals surface area contributed by atoms with Gasteiger partial charge in [0.25, 0.3) is 0 Å². The van der Waals surface area contributed by atoms with Crippen LogP contribution in [0.3, 0.4) is 0 Å². The lowest BCUT2D eigenvalue weighted by atomic mass is 9.97. The van der Waals surface area contributed by atoms with Crippen molar-refractivity contribution in [2.45, 2.75) is 37.6 Å². The van der Waals surface area contributed by atoms with Gasteiger partial charge in [-0.3, -0.25) is 9.59 Å². The Bertz CT molecular complexity index is 727. The number of hydrogen-bond donors (Lipinski definition) is 2. The molecule has 4 heteroatoms. The van der Waals surface area contributed by atoms with E-state index < -0.39 is 5.97 Å². The number of benzene rings is 2. The zero-order valence-corrected chi connectivity index (χ0v) is 13.4. The van der Waals surface area contributed by atoms with Crippen molar-refractivity contribution in [2.24, 2.45) is 0 Å². The number of carboxylic acids is 1. The van der Waals surface area contributed by atoms with Gasteiger partial charge in [-0.1, -0.05) is 54.6 Å². The minimum absolute atomic E-state index is 0.0146. The number of rotatable bonds is 6. The molecule has 2 aromatic carbocycles. The third kappa shape index (κ3) is 3.65. The molecular formula is C20H21NO3. The second-order valence-corrected chi connectivity index (χ2v) is 6.19. The van der Waals surface area contributed by atoms with E-state index in [1.165, 1.54) is 5.56 Å². The van der Waals surface area contributed by atoms with Crippen molar-refractivity contribution < 1.29 is 14.7 Å². The number of carbonyl (C=O) groups is 2. The molecule has 0 aliphatic heterocycles. The molecule has 124 valence electrons. The SMILES string of the molecule is O=C(O)CCC(NC(=O)C1CCc2ccccc21)c1ccccc1. The van der Waals surface area contributed by atoms with Crippen molar-refractivity contribution in [1.29, 1.82) is 0 Å². The highest BCUT2D eigenvalue weighted by Crippen LogP contribution is 2.33. The van der Waals surface area contributed by atoms with Crippen LogP contribution in [0, 0.1) is 0 Å². The summed E-state index contributed by atoms with van der Waals surface area (Å²) in [6.45, 7) is 0. The maximum absolute atomic E-state index is 12.8. The molecule has 2 aromatic rings. The average molecular weight is 323 g/mol. The summed E-state index contributed by atoms with van der Waals surface area (Å²) in [5, 5.41) is 12.0. The van der Waals surface area contributed by atoms with Gasteiger partial charge in [-0.05, 0) is 36.0 Å². The third-order valence-electron chi connectivity index (χ3n) is 4.61. The van der Waals surface area contributed by atoms with Crippen molar-refractivity contribution in [3.63, 3.8) is 0 Å². The fraction of sp³-hybridized carbons (Fsp3) is 0.300. The normalized spacial score (nSPS) is 17.1. The Morgan fingerprint density at radius 2 is 1.79 bits per heavy atom. The Morgan fingerprint density at radius 1 is 1.08 bits per heavy atom. The van der Waals surface area contributed by atoms with Crippen LogP contribution in [0.5, 0.6) is 0 Å². The predicted octanol–water partition coefficient (Wildman–Crippen LogP) is 3.44. The first-order chi connectivity index (χ1) is 11.6. The summed E-state index contributed by atoms with van der Waals surface area (Å²) in [5.41, 5.74) is 3.28. The summed E-state index contributed by atoms with van der Waals surface area (Å²) in [4.78, 5) is 23.7. The first kappa shape index (κ1) is 16.2. The minimum Gasteiger partial charge on any atom is -0.481 e. The lowest BCUT2D eigenvalue weighted by molar-refractivity contribution is -0.137. The van der Waals surface area contributed by atoms with Crippen LogP contribution in [-0.2, 0) is 16.0 Å². The van der Waals surface area contributed by atoms with E-state index in [9.17, 15) is 9.59 Å². The number of fused-ring (bicyclic) bond motifs is 1. The highest BCUT2D eigenvalue weighted by Gasteiger charge is 2.29. The zero-order valence-electron chi connectivity index (χ0n) is 13.4. The Balaban J connectivity index is 1.75. The third-order valence-corrected chi connectivity index (χ3v) is 4.61. The molecule has 0 heterocycles. The van der Waals surface area contributed by atoms with Crippen LogP contribution in [0.25, 0.3) is 0 Å². The van der Waals surface area contributed by atoms with Gasteiger partial charge in [0.2, 0.25) is 5.91 Å². The molecule has 0 aromatic heterocycles. The van der Waals surface area contributed by atoms with Crippen LogP contribution >= 0.6 is 0 Å². The summed E-state index contributed by atoms with van der Waals surface area (Å²) < 4.78 is 0. The van der Waals surface area contributed by atoms with Gasteiger partial charge in [0, 0.05) is 6.42 Å². The molecule has 0 radical (unpaired) electrons. The van der Waals surface area contributed by atoms with E-state index in [0.717, 1.165) is 24.0 Å². The maximum Gasteiger partial charge on any atom is 0.303 e. The summed E-state index contributed by atoms with van der Waals surface area (Å²) in [5.74, 6) is -1.01. The molecule has 0 fully saturated rings. The number of nitrogens with one attached hydrogen (secondary N) is 1. The first-order valence-corrected chi connectivity index (χ1v) is 8.30. The first-order valence-electron chi connectivity index (χ1n) is 8.30. The van der Waals surface area contributed by atoms with Crippen molar-refractivity contribution in [2.75, 3.05) is 0 Å². The second kappa shape index (κ2) is 7.30. The number of aliphatic carboxylic acids is 1. The zero-order chi connectivity index (χ0) is 16.9. The topological polar surface area (TPSA) is 66.4 Å². The van der Waals surface area contributed by atoms with Crippen LogP contribution in [0.2, 0.25) is 0 Å². The molecule has 1 amide bonds. The molecule has 0 saturated carbocycles. The number of aryl methyl sites for hydroxylation is 1. The lowest BCUT2D eigenvalue weighted by Gasteiger charge is -2.21. The quantitative estimate of drug-likeness (QED) is 0.856. The number of carboxylic acid groups (broad SMARTS) is 1. The Kier molecular flexibility index (Phi) is 4.94. The van der Waals surface area contributed by atoms with E-state index in [-0.39, 0.29) is 24.3 Å². The minimum atomic E-state index is -0.851. The van der Waals surface area contributed by atoms with Crippen molar-refractivity contribution >= 4 is 11.9 Å². The molecule has 3 rings (SSSR count). The molecule has 2 atom stereocenters. The highest BCUT2D eigenvalue weighted by molar-refractivity contribution is 5.85. The van der Waals surface area contributed by atoms with Gasteiger partial charge in [0.15, 0.2) is 0 Å². The Morgan fingerprint density at radius 3 is 2.54 bits per heavy atom. The van der Waals surface area contributed by atoms with Crippen LogP contribution in [-0.4, -0.2) is 17.0 Å². The van der Waals surface area contributed by atoms with E-state index >= 15 is 0 Å². The van der Waals surface area contributed by atoms with Crippen LogP contribution in [0.1, 0.15) is 47.9 Å². The van der Waals surface area contributed by atoms with Crippen LogP contribution < -0.4 is 5.32 Å². The highest BCUT2D eigenvalue weighted by atomic mass is 16.4. The molecule has 2 unspecified atom stereocenters. The maximum atomic E-state index is 12.8. The second-order valence-electron chi connectivity index (χ2n) is 6.19. The summed E-state index contributed by atoms with van der Waals surface area (Å²) >= 11 is 0. The summed E-state index contributed by atoms with van der Waals surface area (Å²) in [6.07, 6.45) is 2.14. The molecule has 4 nitrogen and oxygen atoms in total. The van der Waals surface area contributed by atoms with Crippen LogP contribution in [0.15, 0.2) is 54.6 Å². The molecule has 1 aliphatic carbocycles. The summed E-state index contributed by atoms with van der Waals surface area (Å²) in [7, 11) is 0. The molecule has 0 saturated heterocycles. The van der Waals surface area contributed by atoms with Gasteiger partial charge < -0.3 is 10.4 Å². The summed E-state index contributed by atoms with van der Waals surface area (Å²) in [6, 6.07) is 17.3. The van der Waals surface area contributed by atoms with Gasteiger partial charge in [-0.2, -0.15) is 0 Å². The molecule has 1 aliphatic rings. The fourth-order valence-electron chi connectivity index (χ4n) is 3.38. The Labute approximate surface area is 141 Å². The van der Waals surface area contributed by atoms with E-state index in [1.807, 2.05) is 48.5 Å². The van der Waals surface area contributed by atoms with Gasteiger partial charge in [-0.25, -0.2) is 0 Å². The van der Waals surface area contributed by atoms with Crippen molar-refractivity contribution in [1.82, 2.24) is 5.32 Å². The fourth-order valence-corrected chi connectivity index (χ4v) is 3.38. The van der Waals surface area contributed by atoms with E-state index in [1.54, 1.807) is 0 Å². The van der Waals surface area contributed by atoms with Gasteiger partial charge in [-0.15, -0.1) is 0 Å². The van der Waals surface area contributed by atoms with Gasteiger partial charge >= 0.3 is 5.97 Å².